The maximum atomic E-state index is 12.6. The number of imide groups is 1. The second-order valence-corrected chi connectivity index (χ2v) is 5.79. The fraction of sp³-hybridized carbons (Fsp3) is 0.571. The van der Waals surface area contributed by atoms with Gasteiger partial charge in [-0.05, 0) is 12.8 Å². The summed E-state index contributed by atoms with van der Waals surface area (Å²) in [7, 11) is 1.27. The third kappa shape index (κ3) is 2.32. The maximum absolute atomic E-state index is 12.6. The molecule has 0 aliphatic carbocycles. The molecular weight excluding hydrogens is 276 g/mol. The summed E-state index contributed by atoms with van der Waals surface area (Å²) in [6, 6.07) is 0. The van der Waals surface area contributed by atoms with Crippen molar-refractivity contribution in [3.8, 4) is 0 Å². The predicted octanol–water partition coefficient (Wildman–Crippen LogP) is 0.695. The van der Waals surface area contributed by atoms with Crippen molar-refractivity contribution < 1.29 is 23.9 Å². The Hall–Kier alpha value is -2.18. The van der Waals surface area contributed by atoms with Crippen molar-refractivity contribution in [1.82, 2.24) is 9.80 Å². The molecule has 2 aliphatic heterocycles. The summed E-state index contributed by atoms with van der Waals surface area (Å²) in [5.41, 5.74) is -1.42. The molecule has 0 aromatic carbocycles. The number of ether oxygens (including phenoxy) is 1. The minimum Gasteiger partial charge on any atom is -0.422 e. The van der Waals surface area contributed by atoms with Gasteiger partial charge < -0.3 is 9.64 Å². The van der Waals surface area contributed by atoms with Crippen LogP contribution in [0.2, 0.25) is 0 Å². The number of ketones is 1. The predicted molar refractivity (Wildman–Crippen MR) is 71.9 cm³/mol. The van der Waals surface area contributed by atoms with Crippen molar-refractivity contribution >= 4 is 23.7 Å². The molecule has 0 N–H and O–H groups in total. The van der Waals surface area contributed by atoms with Gasteiger partial charge >= 0.3 is 6.09 Å². The first-order valence-electron chi connectivity index (χ1n) is 6.73. The molecule has 2 heterocycles. The van der Waals surface area contributed by atoms with E-state index in [0.717, 1.165) is 4.90 Å². The summed E-state index contributed by atoms with van der Waals surface area (Å²) in [4.78, 5) is 49.9. The van der Waals surface area contributed by atoms with Crippen LogP contribution >= 0.6 is 0 Å². The fourth-order valence-corrected chi connectivity index (χ4v) is 2.57. The zero-order chi connectivity index (χ0) is 15.9. The van der Waals surface area contributed by atoms with Crippen molar-refractivity contribution in [1.29, 1.82) is 0 Å². The van der Waals surface area contributed by atoms with Crippen molar-refractivity contribution in [2.24, 2.45) is 5.92 Å². The van der Waals surface area contributed by atoms with Gasteiger partial charge in [-0.15, -0.1) is 0 Å². The molecule has 0 radical (unpaired) electrons. The number of likely N-dealkylation sites (tertiary alicyclic amines) is 1. The molecule has 1 atom stereocenters. The topological polar surface area (TPSA) is 84.0 Å². The first-order valence-corrected chi connectivity index (χ1v) is 6.73. The second-order valence-electron chi connectivity index (χ2n) is 5.79. The van der Waals surface area contributed by atoms with Gasteiger partial charge in [0.2, 0.25) is 0 Å². The van der Waals surface area contributed by atoms with E-state index in [9.17, 15) is 19.2 Å². The summed E-state index contributed by atoms with van der Waals surface area (Å²) < 4.78 is 5.06. The molecule has 0 bridgehead atoms. The molecule has 0 aromatic heterocycles. The Balaban J connectivity index is 2.44. The van der Waals surface area contributed by atoms with Gasteiger partial charge in [-0.3, -0.25) is 14.4 Å². The highest BCUT2D eigenvalue weighted by Gasteiger charge is 2.64. The Bertz CT molecular complexity index is 566. The summed E-state index contributed by atoms with van der Waals surface area (Å²) in [5.74, 6) is -1.34. The lowest BCUT2D eigenvalue weighted by Crippen LogP contribution is -2.47. The second kappa shape index (κ2) is 4.98. The van der Waals surface area contributed by atoms with Gasteiger partial charge in [0.25, 0.3) is 17.4 Å². The van der Waals surface area contributed by atoms with Crippen LogP contribution in [0.4, 0.5) is 4.79 Å². The molecule has 0 unspecified atom stereocenters. The number of carbonyl (C=O) groups is 4. The van der Waals surface area contributed by atoms with E-state index in [4.69, 9.17) is 4.74 Å². The highest BCUT2D eigenvalue weighted by molar-refractivity contribution is 6.19. The molecule has 7 nitrogen and oxygen atoms in total. The van der Waals surface area contributed by atoms with E-state index in [0.29, 0.717) is 12.2 Å². The van der Waals surface area contributed by atoms with E-state index in [1.165, 1.54) is 24.9 Å². The molecular formula is C14H18N2O5. The average molecular weight is 294 g/mol. The van der Waals surface area contributed by atoms with Crippen LogP contribution < -0.4 is 0 Å². The van der Waals surface area contributed by atoms with Crippen LogP contribution in [0.3, 0.4) is 0 Å². The van der Waals surface area contributed by atoms with Crippen molar-refractivity contribution in [2.45, 2.75) is 32.8 Å². The first kappa shape index (κ1) is 15.2. The van der Waals surface area contributed by atoms with Gasteiger partial charge in [0, 0.05) is 31.8 Å². The van der Waals surface area contributed by atoms with Crippen LogP contribution in [0, 0.1) is 5.92 Å². The largest absolute Gasteiger partial charge is 0.422 e. The molecule has 2 rings (SSSR count). The van der Waals surface area contributed by atoms with E-state index in [1.807, 2.05) is 13.8 Å². The van der Waals surface area contributed by atoms with E-state index in [-0.39, 0.29) is 18.1 Å². The lowest BCUT2D eigenvalue weighted by Gasteiger charge is -2.21. The lowest BCUT2D eigenvalue weighted by molar-refractivity contribution is -0.150. The molecule has 7 heteroatoms. The van der Waals surface area contributed by atoms with Gasteiger partial charge in [0.05, 0.1) is 0 Å². The number of allylic oxidation sites excluding steroid dienone is 1. The van der Waals surface area contributed by atoms with Gasteiger partial charge in [0.1, 0.15) is 0 Å². The van der Waals surface area contributed by atoms with Gasteiger partial charge in [-0.2, -0.15) is 0 Å². The Morgan fingerprint density at radius 2 is 1.95 bits per heavy atom. The van der Waals surface area contributed by atoms with Crippen molar-refractivity contribution in [2.75, 3.05) is 13.6 Å². The molecule has 2 aliphatic rings. The maximum Gasteiger partial charge on any atom is 0.417 e. The van der Waals surface area contributed by atoms with E-state index >= 15 is 0 Å². The molecule has 2 fully saturated rings. The monoisotopic (exact) mass is 294 g/mol. The van der Waals surface area contributed by atoms with E-state index in [2.05, 4.69) is 0 Å². The molecule has 21 heavy (non-hydrogen) atoms. The first-order chi connectivity index (χ1) is 9.69. The Kier molecular flexibility index (Phi) is 3.61. The van der Waals surface area contributed by atoms with Crippen molar-refractivity contribution in [3.63, 3.8) is 0 Å². The molecule has 1 spiro atoms. The number of nitrogens with zero attached hydrogens (tertiary/aromatic N) is 2. The number of hydrogen-bond donors (Lipinski definition) is 0. The number of rotatable bonds is 3. The fourth-order valence-electron chi connectivity index (χ4n) is 2.57. The summed E-state index contributed by atoms with van der Waals surface area (Å²) in [6.07, 6.45) is 0.378. The average Bonchev–Trinajstić information content (AvgIpc) is 2.73. The Labute approximate surface area is 122 Å². The summed E-state index contributed by atoms with van der Waals surface area (Å²) in [5, 5.41) is 0. The van der Waals surface area contributed by atoms with Crippen LogP contribution in [0.15, 0.2) is 11.8 Å². The molecule has 3 amide bonds. The minimum absolute atomic E-state index is 0.0902. The third-order valence-corrected chi connectivity index (χ3v) is 3.47. The smallest absolute Gasteiger partial charge is 0.417 e. The third-order valence-electron chi connectivity index (χ3n) is 3.47. The zero-order valence-corrected chi connectivity index (χ0v) is 12.5. The number of carbonyl (C=O) groups excluding carboxylic acids is 4. The number of hydrogen-bond acceptors (Lipinski definition) is 5. The molecule has 0 saturated carbocycles. The van der Waals surface area contributed by atoms with E-state index < -0.39 is 23.5 Å². The highest BCUT2D eigenvalue weighted by Crippen LogP contribution is 2.40. The summed E-state index contributed by atoms with van der Waals surface area (Å²) >= 11 is 0. The van der Waals surface area contributed by atoms with Gasteiger partial charge in [-0.1, -0.05) is 13.8 Å². The quantitative estimate of drug-likeness (QED) is 0.565. The Morgan fingerprint density at radius 1 is 1.33 bits per heavy atom. The number of likely N-dealkylation sites (N-methyl/N-ethyl adjacent to an activating group) is 1. The minimum atomic E-state index is -1.83. The van der Waals surface area contributed by atoms with Crippen molar-refractivity contribution in [3.05, 3.63) is 11.8 Å². The van der Waals surface area contributed by atoms with Gasteiger partial charge in [0.15, 0.2) is 5.78 Å². The van der Waals surface area contributed by atoms with Crippen LogP contribution in [0.25, 0.3) is 0 Å². The number of amides is 3. The summed E-state index contributed by atoms with van der Waals surface area (Å²) in [6.45, 7) is 5.55. The lowest BCUT2D eigenvalue weighted by atomic mass is 10.0. The van der Waals surface area contributed by atoms with Crippen LogP contribution in [0.5, 0.6) is 0 Å². The van der Waals surface area contributed by atoms with Crippen LogP contribution in [0.1, 0.15) is 27.2 Å². The molecule has 2 saturated heterocycles. The Morgan fingerprint density at radius 3 is 2.38 bits per heavy atom. The van der Waals surface area contributed by atoms with Crippen LogP contribution in [-0.2, 0) is 19.1 Å². The van der Waals surface area contributed by atoms with Crippen LogP contribution in [-0.4, -0.2) is 52.7 Å². The standard InChI is InChI=1S/C14H18N2O5/c1-8(2)7-16-10(5-9(3)17)6-14(12(16)19)11(18)15(4)13(20)21-14/h5,8H,6-7H2,1-4H3/b10-5+/t14-/m0/s1. The normalized spacial score (nSPS) is 27.5. The molecule has 114 valence electrons. The van der Waals surface area contributed by atoms with Gasteiger partial charge in [-0.25, -0.2) is 9.69 Å². The molecule has 0 aromatic rings. The highest BCUT2D eigenvalue weighted by atomic mass is 16.6. The van der Waals surface area contributed by atoms with E-state index in [1.54, 1.807) is 0 Å². The zero-order valence-electron chi connectivity index (χ0n) is 12.5. The SMILES string of the molecule is CC(=O)/C=C1\C[C@@]2(OC(=O)N(C)C2=O)C(=O)N1CC(C)C.